The lowest BCUT2D eigenvalue weighted by Crippen LogP contribution is -1.95. The quantitative estimate of drug-likeness (QED) is 0.621. The molecule has 0 fully saturated rings. The van der Waals surface area contributed by atoms with Crippen LogP contribution in [0.25, 0.3) is 0 Å². The minimum atomic E-state index is 0.145. The zero-order valence-corrected chi connectivity index (χ0v) is 6.35. The van der Waals surface area contributed by atoms with Gasteiger partial charge in [0.05, 0.1) is 0 Å². The van der Waals surface area contributed by atoms with Crippen LogP contribution in [0.1, 0.15) is 6.92 Å². The molecular formula is C5H8BBrO. The second-order valence-electron chi connectivity index (χ2n) is 1.71. The SMILES string of the molecule is [B]/C(Br)=C/[C@@H](C)CO. The Morgan fingerprint density at radius 3 is 2.62 bits per heavy atom. The van der Waals surface area contributed by atoms with Crippen LogP contribution in [0.2, 0.25) is 0 Å². The third-order valence-electron chi connectivity index (χ3n) is 0.732. The highest BCUT2D eigenvalue weighted by atomic mass is 79.9. The third kappa shape index (κ3) is 4.41. The van der Waals surface area contributed by atoms with E-state index >= 15 is 0 Å². The van der Waals surface area contributed by atoms with E-state index in [0.29, 0.717) is 4.38 Å². The van der Waals surface area contributed by atoms with Gasteiger partial charge in [-0.25, -0.2) is 0 Å². The minimum absolute atomic E-state index is 0.145. The zero-order valence-electron chi connectivity index (χ0n) is 4.76. The predicted molar refractivity (Wildman–Crippen MR) is 39.0 cm³/mol. The molecule has 0 amide bonds. The first-order valence-electron chi connectivity index (χ1n) is 2.40. The Labute approximate surface area is 59.3 Å². The van der Waals surface area contributed by atoms with Gasteiger partial charge in [-0.05, 0) is 5.92 Å². The standard InChI is InChI=1S/C5H8BBrO/c1-4(3-8)2-5(6)7/h2,4,8H,3H2,1H3/b5-2-/t4-/m1/s1. The first-order chi connectivity index (χ1) is 3.66. The molecule has 0 saturated carbocycles. The topological polar surface area (TPSA) is 20.2 Å². The summed E-state index contributed by atoms with van der Waals surface area (Å²) in [6, 6.07) is 0. The van der Waals surface area contributed by atoms with E-state index in [0.717, 1.165) is 0 Å². The van der Waals surface area contributed by atoms with Crippen molar-refractivity contribution in [1.29, 1.82) is 0 Å². The molecule has 0 rings (SSSR count). The monoisotopic (exact) mass is 174 g/mol. The summed E-state index contributed by atoms with van der Waals surface area (Å²) >= 11 is 3.04. The number of hydrogen-bond donors (Lipinski definition) is 1. The highest BCUT2D eigenvalue weighted by Gasteiger charge is 1.91. The van der Waals surface area contributed by atoms with E-state index in [1.54, 1.807) is 6.08 Å². The minimum Gasteiger partial charge on any atom is -0.396 e. The van der Waals surface area contributed by atoms with Crippen molar-refractivity contribution in [2.75, 3.05) is 6.61 Å². The predicted octanol–water partition coefficient (Wildman–Crippen LogP) is 1.02. The second-order valence-corrected chi connectivity index (χ2v) is 2.63. The molecule has 8 heavy (non-hydrogen) atoms. The molecule has 0 aliphatic rings. The fraction of sp³-hybridized carbons (Fsp3) is 0.600. The molecule has 0 saturated heterocycles. The van der Waals surface area contributed by atoms with Crippen molar-refractivity contribution >= 4 is 23.8 Å². The van der Waals surface area contributed by atoms with Crippen LogP contribution in [0.5, 0.6) is 0 Å². The van der Waals surface area contributed by atoms with Crippen molar-refractivity contribution < 1.29 is 5.11 Å². The summed E-state index contributed by atoms with van der Waals surface area (Å²) in [6.45, 7) is 2.03. The van der Waals surface area contributed by atoms with Gasteiger partial charge < -0.3 is 5.11 Å². The van der Waals surface area contributed by atoms with E-state index in [9.17, 15) is 0 Å². The van der Waals surface area contributed by atoms with Crippen LogP contribution in [0.4, 0.5) is 0 Å². The van der Waals surface area contributed by atoms with E-state index < -0.39 is 0 Å². The summed E-state index contributed by atoms with van der Waals surface area (Å²) in [4.78, 5) is 0. The largest absolute Gasteiger partial charge is 0.396 e. The molecular weight excluding hydrogens is 167 g/mol. The molecule has 0 aromatic carbocycles. The van der Waals surface area contributed by atoms with Crippen LogP contribution in [0.3, 0.4) is 0 Å². The summed E-state index contributed by atoms with van der Waals surface area (Å²) in [5.41, 5.74) is 0. The molecule has 0 aliphatic carbocycles. The maximum Gasteiger partial charge on any atom is 0.123 e. The van der Waals surface area contributed by atoms with Crippen LogP contribution >= 0.6 is 15.9 Å². The maximum atomic E-state index is 8.46. The summed E-state index contributed by atoms with van der Waals surface area (Å²) in [7, 11) is 5.24. The van der Waals surface area contributed by atoms with Crippen LogP contribution in [-0.4, -0.2) is 19.6 Å². The number of aliphatic hydroxyl groups excluding tert-OH is 1. The summed E-state index contributed by atoms with van der Waals surface area (Å²) in [6.07, 6.45) is 1.75. The highest BCUT2D eigenvalue weighted by Crippen LogP contribution is 2.03. The van der Waals surface area contributed by atoms with Gasteiger partial charge >= 0.3 is 0 Å². The first kappa shape index (κ1) is 8.24. The van der Waals surface area contributed by atoms with Crippen LogP contribution in [0, 0.1) is 5.92 Å². The van der Waals surface area contributed by atoms with E-state index in [2.05, 4.69) is 15.9 Å². The van der Waals surface area contributed by atoms with Crippen molar-refractivity contribution in [3.63, 3.8) is 0 Å². The summed E-state index contributed by atoms with van der Waals surface area (Å²) < 4.78 is 0.582. The van der Waals surface area contributed by atoms with E-state index in [1.807, 2.05) is 6.92 Å². The van der Waals surface area contributed by atoms with Crippen LogP contribution in [-0.2, 0) is 0 Å². The highest BCUT2D eigenvalue weighted by molar-refractivity contribution is 9.12. The Balaban J connectivity index is 3.51. The normalized spacial score (nSPS) is 16.1. The van der Waals surface area contributed by atoms with E-state index in [-0.39, 0.29) is 12.5 Å². The van der Waals surface area contributed by atoms with Gasteiger partial charge in [-0.2, -0.15) is 0 Å². The van der Waals surface area contributed by atoms with Gasteiger partial charge in [-0.15, -0.1) is 0 Å². The summed E-state index contributed by atoms with van der Waals surface area (Å²) in [5.74, 6) is 0.148. The fourth-order valence-electron chi connectivity index (χ4n) is 0.325. The molecule has 0 aliphatic heterocycles. The van der Waals surface area contributed by atoms with E-state index in [1.165, 1.54) is 0 Å². The van der Waals surface area contributed by atoms with Gasteiger partial charge in [0, 0.05) is 6.61 Å². The van der Waals surface area contributed by atoms with Crippen LogP contribution in [0.15, 0.2) is 10.5 Å². The Bertz CT molecular complexity index is 88.4. The molecule has 44 valence electrons. The van der Waals surface area contributed by atoms with Crippen molar-refractivity contribution in [3.05, 3.63) is 10.5 Å². The number of aliphatic hydroxyl groups is 1. The Hall–Kier alpha value is 0.245. The molecule has 0 heterocycles. The van der Waals surface area contributed by atoms with Gasteiger partial charge in [0.1, 0.15) is 7.85 Å². The lowest BCUT2D eigenvalue weighted by molar-refractivity contribution is 0.262. The lowest BCUT2D eigenvalue weighted by atomic mass is 10.1. The molecule has 0 aromatic heterocycles. The zero-order chi connectivity index (χ0) is 6.57. The smallest absolute Gasteiger partial charge is 0.123 e. The second kappa shape index (κ2) is 4.16. The van der Waals surface area contributed by atoms with Crippen molar-refractivity contribution in [1.82, 2.24) is 0 Å². The Morgan fingerprint density at radius 1 is 2.00 bits per heavy atom. The molecule has 1 atom stereocenters. The van der Waals surface area contributed by atoms with Gasteiger partial charge in [0.2, 0.25) is 0 Å². The molecule has 0 unspecified atom stereocenters. The molecule has 3 heteroatoms. The van der Waals surface area contributed by atoms with Crippen molar-refractivity contribution in [3.8, 4) is 0 Å². The molecule has 2 radical (unpaired) electrons. The first-order valence-corrected chi connectivity index (χ1v) is 3.19. The molecule has 0 bridgehead atoms. The van der Waals surface area contributed by atoms with Crippen LogP contribution < -0.4 is 0 Å². The van der Waals surface area contributed by atoms with Crippen molar-refractivity contribution in [2.45, 2.75) is 6.92 Å². The average molecular weight is 175 g/mol. The van der Waals surface area contributed by atoms with Gasteiger partial charge in [0.15, 0.2) is 0 Å². The van der Waals surface area contributed by atoms with E-state index in [4.69, 9.17) is 13.0 Å². The molecule has 1 N–H and O–H groups in total. The third-order valence-corrected chi connectivity index (χ3v) is 0.996. The molecule has 0 spiro atoms. The Morgan fingerprint density at radius 2 is 2.50 bits per heavy atom. The Kier molecular flexibility index (Phi) is 4.28. The molecule has 0 aromatic rings. The van der Waals surface area contributed by atoms with Gasteiger partial charge in [-0.1, -0.05) is 33.3 Å². The number of rotatable bonds is 2. The van der Waals surface area contributed by atoms with Gasteiger partial charge in [0.25, 0.3) is 0 Å². The average Bonchev–Trinajstić information content (AvgIpc) is 1.65. The summed E-state index contributed by atoms with van der Waals surface area (Å²) in [5, 5.41) is 8.46. The van der Waals surface area contributed by atoms with Crippen molar-refractivity contribution in [2.24, 2.45) is 5.92 Å². The lowest BCUT2D eigenvalue weighted by Gasteiger charge is -1.98. The number of hydrogen-bond acceptors (Lipinski definition) is 1. The fourth-order valence-corrected chi connectivity index (χ4v) is 0.776. The maximum absolute atomic E-state index is 8.46. The molecule has 1 nitrogen and oxygen atoms in total. The van der Waals surface area contributed by atoms with Gasteiger partial charge in [-0.3, -0.25) is 0 Å². The number of halogens is 1.